The van der Waals surface area contributed by atoms with E-state index in [0.717, 1.165) is 25.9 Å². The maximum atomic E-state index is 11.5. The van der Waals surface area contributed by atoms with E-state index in [0.29, 0.717) is 0 Å². The normalized spacial score (nSPS) is 19.3. The number of carbonyl (C=O) groups is 2. The molecule has 0 aromatic rings. The summed E-state index contributed by atoms with van der Waals surface area (Å²) in [6.45, 7) is 3.30. The molecule has 6 heteroatoms. The van der Waals surface area contributed by atoms with E-state index in [1.807, 2.05) is 0 Å². The fraction of sp³-hybridized carbons (Fsp3) is 0.778. The average molecular weight is 215 g/mol. The standard InChI is InChI=1S/C9H17N3O3/c1-6(15-9(10)14)8(13)12-7-2-4-11-5-3-7/h6-7,11H,2-5H2,1H3,(H2,10,14)(H,12,13)/t6-/m0/s1. The fourth-order valence-corrected chi connectivity index (χ4v) is 1.51. The van der Waals surface area contributed by atoms with Crippen molar-refractivity contribution < 1.29 is 14.3 Å². The van der Waals surface area contributed by atoms with Crippen LogP contribution in [0.1, 0.15) is 19.8 Å². The Kier molecular flexibility index (Phi) is 4.36. The molecule has 0 unspecified atom stereocenters. The summed E-state index contributed by atoms with van der Waals surface area (Å²) in [5, 5.41) is 6.01. The molecule has 6 nitrogen and oxygen atoms in total. The Morgan fingerprint density at radius 3 is 2.60 bits per heavy atom. The fourth-order valence-electron chi connectivity index (χ4n) is 1.51. The summed E-state index contributed by atoms with van der Waals surface area (Å²) in [4.78, 5) is 21.9. The number of nitrogens with one attached hydrogen (secondary N) is 2. The quantitative estimate of drug-likeness (QED) is 0.582. The van der Waals surface area contributed by atoms with Crippen LogP contribution in [0.15, 0.2) is 0 Å². The van der Waals surface area contributed by atoms with E-state index in [4.69, 9.17) is 5.73 Å². The number of nitrogens with two attached hydrogens (primary N) is 1. The van der Waals surface area contributed by atoms with Crippen LogP contribution < -0.4 is 16.4 Å². The van der Waals surface area contributed by atoms with E-state index in [1.54, 1.807) is 0 Å². The lowest BCUT2D eigenvalue weighted by Crippen LogP contribution is -2.46. The summed E-state index contributed by atoms with van der Waals surface area (Å²) in [6.07, 6.45) is 0.0460. The van der Waals surface area contributed by atoms with Gasteiger partial charge in [-0.3, -0.25) is 4.79 Å². The third kappa shape index (κ3) is 4.16. The molecule has 1 fully saturated rings. The van der Waals surface area contributed by atoms with E-state index < -0.39 is 12.2 Å². The van der Waals surface area contributed by atoms with Crippen LogP contribution in [0.25, 0.3) is 0 Å². The van der Waals surface area contributed by atoms with Crippen molar-refractivity contribution in [2.24, 2.45) is 5.73 Å². The van der Waals surface area contributed by atoms with Gasteiger partial charge in [0.2, 0.25) is 0 Å². The van der Waals surface area contributed by atoms with Gasteiger partial charge in [0.1, 0.15) is 0 Å². The highest BCUT2D eigenvalue weighted by atomic mass is 16.6. The number of piperidine rings is 1. The Bertz CT molecular complexity index is 239. The molecule has 0 spiro atoms. The first-order valence-corrected chi connectivity index (χ1v) is 5.07. The predicted molar refractivity (Wildman–Crippen MR) is 54.2 cm³/mol. The van der Waals surface area contributed by atoms with E-state index in [1.165, 1.54) is 6.92 Å². The SMILES string of the molecule is C[C@H](OC(N)=O)C(=O)NC1CCNCC1. The van der Waals surface area contributed by atoms with Gasteiger partial charge in [-0.05, 0) is 32.9 Å². The van der Waals surface area contributed by atoms with Crippen LogP contribution in [0, 0.1) is 0 Å². The zero-order valence-corrected chi connectivity index (χ0v) is 8.79. The molecule has 0 bridgehead atoms. The first kappa shape index (κ1) is 11.8. The largest absolute Gasteiger partial charge is 0.437 e. The van der Waals surface area contributed by atoms with Crippen LogP contribution in [-0.2, 0) is 9.53 Å². The van der Waals surface area contributed by atoms with E-state index in [9.17, 15) is 9.59 Å². The van der Waals surface area contributed by atoms with Crippen molar-refractivity contribution in [3.8, 4) is 0 Å². The Morgan fingerprint density at radius 2 is 2.07 bits per heavy atom. The lowest BCUT2D eigenvalue weighted by molar-refractivity contribution is -0.129. The van der Waals surface area contributed by atoms with Crippen LogP contribution in [0.2, 0.25) is 0 Å². The number of hydrogen-bond acceptors (Lipinski definition) is 4. The van der Waals surface area contributed by atoms with Crippen LogP contribution in [0.4, 0.5) is 4.79 Å². The second-order valence-electron chi connectivity index (χ2n) is 3.61. The van der Waals surface area contributed by atoms with Gasteiger partial charge < -0.3 is 21.1 Å². The summed E-state index contributed by atoms with van der Waals surface area (Å²) >= 11 is 0. The maximum absolute atomic E-state index is 11.5. The molecule has 0 aromatic heterocycles. The average Bonchev–Trinajstić information content (AvgIpc) is 2.18. The van der Waals surface area contributed by atoms with Gasteiger partial charge in [-0.2, -0.15) is 0 Å². The molecule has 1 aliphatic heterocycles. The zero-order chi connectivity index (χ0) is 11.3. The number of rotatable bonds is 3. The van der Waals surface area contributed by atoms with Crippen molar-refractivity contribution in [1.29, 1.82) is 0 Å². The molecule has 0 saturated carbocycles. The minimum absolute atomic E-state index is 0.165. The highest BCUT2D eigenvalue weighted by Crippen LogP contribution is 2.03. The van der Waals surface area contributed by atoms with Crippen molar-refractivity contribution >= 4 is 12.0 Å². The van der Waals surface area contributed by atoms with Crippen molar-refractivity contribution in [1.82, 2.24) is 10.6 Å². The van der Waals surface area contributed by atoms with Crippen LogP contribution in [-0.4, -0.2) is 37.2 Å². The van der Waals surface area contributed by atoms with Gasteiger partial charge in [-0.1, -0.05) is 0 Å². The van der Waals surface area contributed by atoms with E-state index in [2.05, 4.69) is 15.4 Å². The molecule has 86 valence electrons. The molecular formula is C9H17N3O3. The van der Waals surface area contributed by atoms with E-state index in [-0.39, 0.29) is 11.9 Å². The molecular weight excluding hydrogens is 198 g/mol. The van der Waals surface area contributed by atoms with Crippen molar-refractivity contribution in [3.05, 3.63) is 0 Å². The van der Waals surface area contributed by atoms with Crippen LogP contribution >= 0.6 is 0 Å². The molecule has 2 amide bonds. The molecule has 1 rings (SSSR count). The molecule has 15 heavy (non-hydrogen) atoms. The highest BCUT2D eigenvalue weighted by Gasteiger charge is 2.21. The number of amides is 2. The van der Waals surface area contributed by atoms with Gasteiger partial charge >= 0.3 is 6.09 Å². The monoisotopic (exact) mass is 215 g/mol. The van der Waals surface area contributed by atoms with Crippen LogP contribution in [0.5, 0.6) is 0 Å². The smallest absolute Gasteiger partial charge is 0.405 e. The molecule has 1 atom stereocenters. The van der Waals surface area contributed by atoms with Gasteiger partial charge in [0.15, 0.2) is 6.10 Å². The van der Waals surface area contributed by atoms with E-state index >= 15 is 0 Å². The molecule has 1 heterocycles. The highest BCUT2D eigenvalue weighted by molar-refractivity contribution is 5.82. The van der Waals surface area contributed by atoms with Gasteiger partial charge in [0, 0.05) is 6.04 Å². The van der Waals surface area contributed by atoms with Crippen molar-refractivity contribution in [2.45, 2.75) is 31.9 Å². The second-order valence-corrected chi connectivity index (χ2v) is 3.61. The second kappa shape index (κ2) is 5.55. The lowest BCUT2D eigenvalue weighted by Gasteiger charge is -2.24. The topological polar surface area (TPSA) is 93.5 Å². The minimum Gasteiger partial charge on any atom is -0.437 e. The molecule has 0 aliphatic carbocycles. The molecule has 0 radical (unpaired) electrons. The molecule has 0 aromatic carbocycles. The van der Waals surface area contributed by atoms with Gasteiger partial charge in [0.05, 0.1) is 0 Å². The minimum atomic E-state index is -0.928. The summed E-state index contributed by atoms with van der Waals surface area (Å²) in [5.74, 6) is -0.291. The predicted octanol–water partition coefficient (Wildman–Crippen LogP) is -0.662. The summed E-state index contributed by atoms with van der Waals surface area (Å²) in [7, 11) is 0. The summed E-state index contributed by atoms with van der Waals surface area (Å²) in [6, 6.07) is 0.165. The first-order valence-electron chi connectivity index (χ1n) is 5.07. The Balaban J connectivity index is 2.30. The van der Waals surface area contributed by atoms with Crippen molar-refractivity contribution in [2.75, 3.05) is 13.1 Å². The van der Waals surface area contributed by atoms with Gasteiger partial charge in [0.25, 0.3) is 5.91 Å². The number of carbonyl (C=O) groups excluding carboxylic acids is 2. The first-order chi connectivity index (χ1) is 7.09. The van der Waals surface area contributed by atoms with Gasteiger partial charge in [-0.25, -0.2) is 4.79 Å². The lowest BCUT2D eigenvalue weighted by atomic mass is 10.1. The summed E-state index contributed by atoms with van der Waals surface area (Å²) < 4.78 is 4.56. The number of hydrogen-bond donors (Lipinski definition) is 3. The summed E-state index contributed by atoms with van der Waals surface area (Å²) in [5.41, 5.74) is 4.81. The Labute approximate surface area is 88.5 Å². The Hall–Kier alpha value is -1.30. The van der Waals surface area contributed by atoms with Crippen molar-refractivity contribution in [3.63, 3.8) is 0 Å². The molecule has 1 aliphatic rings. The molecule has 4 N–H and O–H groups in total. The third-order valence-electron chi connectivity index (χ3n) is 2.35. The number of primary amides is 1. The zero-order valence-electron chi connectivity index (χ0n) is 8.79. The Morgan fingerprint density at radius 1 is 1.47 bits per heavy atom. The number of ether oxygens (including phenoxy) is 1. The van der Waals surface area contributed by atoms with Gasteiger partial charge in [-0.15, -0.1) is 0 Å². The van der Waals surface area contributed by atoms with Crippen LogP contribution in [0.3, 0.4) is 0 Å². The molecule has 1 saturated heterocycles. The third-order valence-corrected chi connectivity index (χ3v) is 2.35. The maximum Gasteiger partial charge on any atom is 0.405 e.